The van der Waals surface area contributed by atoms with E-state index in [1.807, 2.05) is 18.2 Å². The monoisotopic (exact) mass is 429 g/mol. The maximum atomic E-state index is 13.1. The van der Waals surface area contributed by atoms with Crippen LogP contribution in [0.4, 0.5) is 4.79 Å². The Morgan fingerprint density at radius 2 is 1.94 bits per heavy atom. The summed E-state index contributed by atoms with van der Waals surface area (Å²) in [7, 11) is 0. The summed E-state index contributed by atoms with van der Waals surface area (Å²) in [6.07, 6.45) is 2.83. The minimum atomic E-state index is -0.885. The summed E-state index contributed by atoms with van der Waals surface area (Å²) in [5.41, 5.74) is 0.0867. The fourth-order valence-corrected chi connectivity index (χ4v) is 5.44. The summed E-state index contributed by atoms with van der Waals surface area (Å²) < 4.78 is 11.1. The molecule has 168 valence electrons. The molecule has 1 saturated heterocycles. The Morgan fingerprint density at radius 1 is 1.19 bits per heavy atom. The maximum Gasteiger partial charge on any atom is 0.325 e. The highest BCUT2D eigenvalue weighted by Crippen LogP contribution is 2.46. The number of hydrogen-bond acceptors (Lipinski definition) is 5. The van der Waals surface area contributed by atoms with Crippen LogP contribution in [-0.2, 0) is 16.0 Å². The molecule has 4 amide bonds. The second-order valence-corrected chi connectivity index (χ2v) is 9.84. The van der Waals surface area contributed by atoms with Gasteiger partial charge in [0.25, 0.3) is 5.91 Å². The number of nitrogens with one attached hydrogen (secondary N) is 2. The van der Waals surface area contributed by atoms with Gasteiger partial charge in [-0.3, -0.25) is 14.5 Å². The maximum absolute atomic E-state index is 13.1. The molecule has 2 heterocycles. The summed E-state index contributed by atoms with van der Waals surface area (Å²) in [5, 5.41) is 5.71. The van der Waals surface area contributed by atoms with Gasteiger partial charge in [0.1, 0.15) is 25.3 Å². The van der Waals surface area contributed by atoms with E-state index < -0.39 is 11.6 Å². The van der Waals surface area contributed by atoms with Crippen molar-refractivity contribution in [3.8, 4) is 11.5 Å². The topological polar surface area (TPSA) is 97.0 Å². The number of ether oxygens (including phenoxy) is 2. The lowest BCUT2D eigenvalue weighted by molar-refractivity contribution is -0.137. The third-order valence-corrected chi connectivity index (χ3v) is 6.27. The number of benzene rings is 1. The molecule has 1 aromatic rings. The van der Waals surface area contributed by atoms with E-state index in [0.29, 0.717) is 50.7 Å². The van der Waals surface area contributed by atoms with Crippen molar-refractivity contribution < 1.29 is 23.9 Å². The average molecular weight is 430 g/mol. The van der Waals surface area contributed by atoms with Crippen LogP contribution in [0.1, 0.15) is 45.6 Å². The highest BCUT2D eigenvalue weighted by Gasteiger charge is 2.56. The molecule has 0 bridgehead atoms. The van der Waals surface area contributed by atoms with Gasteiger partial charge in [-0.1, -0.05) is 26.8 Å². The van der Waals surface area contributed by atoms with Gasteiger partial charge in [-0.15, -0.1) is 0 Å². The molecule has 4 rings (SSSR count). The van der Waals surface area contributed by atoms with Crippen molar-refractivity contribution in [2.75, 3.05) is 26.3 Å². The van der Waals surface area contributed by atoms with E-state index >= 15 is 0 Å². The third kappa shape index (κ3) is 4.48. The first-order chi connectivity index (χ1) is 14.7. The van der Waals surface area contributed by atoms with Gasteiger partial charge in [0.15, 0.2) is 11.5 Å². The molecule has 3 aliphatic rings. The Balaban J connectivity index is 1.31. The van der Waals surface area contributed by atoms with Gasteiger partial charge in [-0.2, -0.15) is 0 Å². The molecule has 2 atom stereocenters. The number of urea groups is 1. The van der Waals surface area contributed by atoms with Gasteiger partial charge >= 0.3 is 6.03 Å². The Morgan fingerprint density at radius 3 is 2.68 bits per heavy atom. The summed E-state index contributed by atoms with van der Waals surface area (Å²) in [6.45, 7) is 7.56. The van der Waals surface area contributed by atoms with Crippen molar-refractivity contribution in [2.45, 2.75) is 52.0 Å². The van der Waals surface area contributed by atoms with E-state index in [-0.39, 0.29) is 23.8 Å². The van der Waals surface area contributed by atoms with Gasteiger partial charge in [-0.05, 0) is 54.7 Å². The zero-order valence-electron chi connectivity index (χ0n) is 18.5. The van der Waals surface area contributed by atoms with Gasteiger partial charge < -0.3 is 20.1 Å². The molecule has 1 saturated carbocycles. The second kappa shape index (κ2) is 8.05. The summed E-state index contributed by atoms with van der Waals surface area (Å²) in [5.74, 6) is 1.14. The third-order valence-electron chi connectivity index (χ3n) is 6.27. The molecule has 8 heteroatoms. The Bertz CT molecular complexity index is 899. The molecule has 2 N–H and O–H groups in total. The molecule has 0 radical (unpaired) electrons. The van der Waals surface area contributed by atoms with Crippen LogP contribution >= 0.6 is 0 Å². The summed E-state index contributed by atoms with van der Waals surface area (Å²) in [6, 6.07) is 5.24. The van der Waals surface area contributed by atoms with Crippen molar-refractivity contribution in [3.63, 3.8) is 0 Å². The van der Waals surface area contributed by atoms with E-state index in [1.165, 1.54) is 0 Å². The predicted octanol–water partition coefficient (Wildman–Crippen LogP) is 2.25. The Kier molecular flexibility index (Phi) is 5.58. The van der Waals surface area contributed by atoms with Crippen molar-refractivity contribution in [1.82, 2.24) is 15.5 Å². The van der Waals surface area contributed by atoms with Gasteiger partial charge in [0, 0.05) is 6.54 Å². The first kappa shape index (κ1) is 21.5. The van der Waals surface area contributed by atoms with E-state index in [0.717, 1.165) is 22.6 Å². The van der Waals surface area contributed by atoms with Gasteiger partial charge in [0.2, 0.25) is 5.91 Å². The summed E-state index contributed by atoms with van der Waals surface area (Å²) in [4.78, 5) is 39.2. The normalized spacial score (nSPS) is 26.7. The Labute approximate surface area is 182 Å². The molecular formula is C23H31N3O5. The SMILES string of the molecule is C[C@H]1CC(C)(C)C[C@@]2(C1)NC(=O)N(CC(=O)NCCc1ccc3c(c1)OCCO3)C2=O. The molecule has 2 fully saturated rings. The van der Waals surface area contributed by atoms with E-state index in [4.69, 9.17) is 9.47 Å². The standard InChI is InChI=1S/C23H31N3O5/c1-15-11-22(2,3)14-23(12-15)20(28)26(21(29)25-23)13-19(27)24-7-6-16-4-5-17-18(10-16)31-9-8-30-17/h4-5,10,15H,6-9,11-14H2,1-3H3,(H,24,27)(H,25,29)/t15-,23+/m0/s1. The quantitative estimate of drug-likeness (QED) is 0.700. The number of hydrogen-bond donors (Lipinski definition) is 2. The molecule has 2 aliphatic heterocycles. The van der Waals surface area contributed by atoms with E-state index in [1.54, 1.807) is 0 Å². The lowest BCUT2D eigenvalue weighted by Gasteiger charge is -2.43. The van der Waals surface area contributed by atoms with Crippen LogP contribution in [0.2, 0.25) is 0 Å². The fourth-order valence-electron chi connectivity index (χ4n) is 5.44. The zero-order chi connectivity index (χ0) is 22.2. The number of carbonyl (C=O) groups excluding carboxylic acids is 3. The second-order valence-electron chi connectivity index (χ2n) is 9.84. The van der Waals surface area contributed by atoms with Crippen LogP contribution in [0.3, 0.4) is 0 Å². The van der Waals surface area contributed by atoms with Crippen LogP contribution < -0.4 is 20.1 Å². The fraction of sp³-hybridized carbons (Fsp3) is 0.609. The van der Waals surface area contributed by atoms with E-state index in [9.17, 15) is 14.4 Å². The molecule has 8 nitrogen and oxygen atoms in total. The minimum absolute atomic E-state index is 0.0392. The lowest BCUT2D eigenvalue weighted by Crippen LogP contribution is -2.54. The average Bonchev–Trinajstić information content (AvgIpc) is 2.89. The smallest absolute Gasteiger partial charge is 0.325 e. The van der Waals surface area contributed by atoms with Crippen molar-refractivity contribution in [2.24, 2.45) is 11.3 Å². The lowest BCUT2D eigenvalue weighted by atomic mass is 9.64. The molecule has 31 heavy (non-hydrogen) atoms. The summed E-state index contributed by atoms with van der Waals surface area (Å²) >= 11 is 0. The predicted molar refractivity (Wildman–Crippen MR) is 114 cm³/mol. The van der Waals surface area contributed by atoms with Gasteiger partial charge in [-0.25, -0.2) is 4.79 Å². The van der Waals surface area contributed by atoms with Gasteiger partial charge in [0.05, 0.1) is 0 Å². The van der Waals surface area contributed by atoms with Crippen LogP contribution in [0, 0.1) is 11.3 Å². The van der Waals surface area contributed by atoms with Crippen LogP contribution in [-0.4, -0.2) is 54.6 Å². The van der Waals surface area contributed by atoms with Crippen molar-refractivity contribution in [3.05, 3.63) is 23.8 Å². The molecular weight excluding hydrogens is 398 g/mol. The van der Waals surface area contributed by atoms with Crippen LogP contribution in [0.15, 0.2) is 18.2 Å². The largest absolute Gasteiger partial charge is 0.486 e. The van der Waals surface area contributed by atoms with Crippen LogP contribution in [0.25, 0.3) is 0 Å². The number of carbonyl (C=O) groups is 3. The number of amides is 4. The highest BCUT2D eigenvalue weighted by molar-refractivity contribution is 6.09. The number of imide groups is 1. The number of fused-ring (bicyclic) bond motifs is 1. The molecule has 1 aromatic carbocycles. The van der Waals surface area contributed by atoms with Crippen molar-refractivity contribution >= 4 is 17.8 Å². The van der Waals surface area contributed by atoms with Crippen LogP contribution in [0.5, 0.6) is 11.5 Å². The first-order valence-electron chi connectivity index (χ1n) is 11.0. The zero-order valence-corrected chi connectivity index (χ0v) is 18.5. The highest BCUT2D eigenvalue weighted by atomic mass is 16.6. The molecule has 0 aromatic heterocycles. The molecule has 0 unspecified atom stereocenters. The first-order valence-corrected chi connectivity index (χ1v) is 11.0. The van der Waals surface area contributed by atoms with Crippen molar-refractivity contribution in [1.29, 1.82) is 0 Å². The number of nitrogens with zero attached hydrogens (tertiary/aromatic N) is 1. The minimum Gasteiger partial charge on any atom is -0.486 e. The Hall–Kier alpha value is -2.77. The van der Waals surface area contributed by atoms with E-state index in [2.05, 4.69) is 31.4 Å². The molecule has 1 spiro atoms. The molecule has 1 aliphatic carbocycles. The number of rotatable bonds is 5.